The van der Waals surface area contributed by atoms with Gasteiger partial charge in [0, 0.05) is 24.0 Å². The quantitative estimate of drug-likeness (QED) is 0.339. The van der Waals surface area contributed by atoms with Crippen LogP contribution >= 0.6 is 0 Å². The molecule has 5 rings (SSSR count). The van der Waals surface area contributed by atoms with Gasteiger partial charge in [0.15, 0.2) is 11.5 Å². The molecule has 0 saturated heterocycles. The van der Waals surface area contributed by atoms with Crippen molar-refractivity contribution >= 4 is 17.8 Å². The normalized spacial score (nSPS) is 15.8. The average Bonchev–Trinajstić information content (AvgIpc) is 3.60. The fraction of sp³-hybridized carbons (Fsp3) is 0.250. The second-order valence-electron chi connectivity index (χ2n) is 8.66. The Balaban J connectivity index is 1.40. The Bertz CT molecular complexity index is 1380. The third-order valence-electron chi connectivity index (χ3n) is 6.21. The number of oxime groups is 1. The summed E-state index contributed by atoms with van der Waals surface area (Å²) in [5.41, 5.74) is 6.18. The highest BCUT2D eigenvalue weighted by Crippen LogP contribution is 2.52. The van der Waals surface area contributed by atoms with Gasteiger partial charge >= 0.3 is 0 Å². The standard InChI is InChI=1S/C28H26FN3O6/c1-34-25-21(13-20-14-23(32-38-20)18-8-10-19(29)11-9-18)22(26(35-2)28-27(25)36-16-37-28)15-30-31-24(33)12-17-6-4-3-5-7-17/h3-11,15,20H,12-14,16H2,1-2H3,(H,31,33). The lowest BCUT2D eigenvalue weighted by atomic mass is 9.95. The van der Waals surface area contributed by atoms with Crippen LogP contribution in [0, 0.1) is 5.82 Å². The largest absolute Gasteiger partial charge is 0.492 e. The summed E-state index contributed by atoms with van der Waals surface area (Å²) in [4.78, 5) is 18.2. The molecule has 2 aliphatic rings. The number of halogens is 1. The number of fused-ring (bicyclic) bond motifs is 1. The molecule has 1 atom stereocenters. The Morgan fingerprint density at radius 3 is 2.50 bits per heavy atom. The predicted molar refractivity (Wildman–Crippen MR) is 138 cm³/mol. The van der Waals surface area contributed by atoms with E-state index >= 15 is 0 Å². The van der Waals surface area contributed by atoms with Crippen molar-refractivity contribution in [2.45, 2.75) is 25.4 Å². The molecule has 2 heterocycles. The first kappa shape index (κ1) is 25.1. The third-order valence-corrected chi connectivity index (χ3v) is 6.21. The van der Waals surface area contributed by atoms with Crippen LogP contribution < -0.4 is 24.4 Å². The van der Waals surface area contributed by atoms with Crippen LogP contribution in [0.3, 0.4) is 0 Å². The third kappa shape index (κ3) is 5.24. The number of benzene rings is 3. The van der Waals surface area contributed by atoms with Crippen LogP contribution in [0.15, 0.2) is 64.9 Å². The summed E-state index contributed by atoms with van der Waals surface area (Å²) in [6.07, 6.45) is 2.21. The number of methoxy groups -OCH3 is 2. The topological polar surface area (TPSA) is 100.0 Å². The molecule has 2 aliphatic heterocycles. The number of ether oxygens (including phenoxy) is 4. The first-order chi connectivity index (χ1) is 18.6. The molecule has 1 N–H and O–H groups in total. The van der Waals surface area contributed by atoms with E-state index in [1.807, 2.05) is 30.3 Å². The summed E-state index contributed by atoms with van der Waals surface area (Å²) >= 11 is 0. The Labute approximate surface area is 218 Å². The number of rotatable bonds is 9. The summed E-state index contributed by atoms with van der Waals surface area (Å²) in [6, 6.07) is 15.5. The maximum atomic E-state index is 13.3. The molecule has 3 aromatic carbocycles. The monoisotopic (exact) mass is 519 g/mol. The minimum absolute atomic E-state index is 0.00759. The van der Waals surface area contributed by atoms with Gasteiger partial charge in [-0.3, -0.25) is 4.79 Å². The second-order valence-corrected chi connectivity index (χ2v) is 8.66. The highest BCUT2D eigenvalue weighted by atomic mass is 19.1. The van der Waals surface area contributed by atoms with E-state index in [4.69, 9.17) is 23.8 Å². The maximum absolute atomic E-state index is 13.3. The number of nitrogens with zero attached hydrogens (tertiary/aromatic N) is 2. The highest BCUT2D eigenvalue weighted by Gasteiger charge is 2.33. The van der Waals surface area contributed by atoms with Crippen LogP contribution in [0.4, 0.5) is 4.39 Å². The van der Waals surface area contributed by atoms with Gasteiger partial charge in [-0.1, -0.05) is 47.6 Å². The van der Waals surface area contributed by atoms with E-state index in [1.165, 1.54) is 32.6 Å². The zero-order chi connectivity index (χ0) is 26.5. The van der Waals surface area contributed by atoms with E-state index in [-0.39, 0.29) is 31.0 Å². The van der Waals surface area contributed by atoms with E-state index < -0.39 is 0 Å². The number of carbonyl (C=O) groups excluding carboxylic acids is 1. The second kappa shape index (κ2) is 11.2. The van der Waals surface area contributed by atoms with Crippen molar-refractivity contribution in [3.8, 4) is 23.0 Å². The number of hydrazone groups is 1. The van der Waals surface area contributed by atoms with Gasteiger partial charge in [-0.05, 0) is 23.3 Å². The van der Waals surface area contributed by atoms with Crippen molar-refractivity contribution in [1.82, 2.24) is 5.43 Å². The molecular formula is C28H26FN3O6. The van der Waals surface area contributed by atoms with Gasteiger partial charge in [0.25, 0.3) is 0 Å². The first-order valence-corrected chi connectivity index (χ1v) is 12.0. The molecule has 0 aromatic heterocycles. The number of carbonyl (C=O) groups is 1. The molecule has 9 nitrogen and oxygen atoms in total. The van der Waals surface area contributed by atoms with E-state index in [0.717, 1.165) is 11.1 Å². The lowest BCUT2D eigenvalue weighted by molar-refractivity contribution is -0.120. The van der Waals surface area contributed by atoms with Crippen LogP contribution in [0.25, 0.3) is 0 Å². The van der Waals surface area contributed by atoms with Crippen LogP contribution in [0.2, 0.25) is 0 Å². The Kier molecular flexibility index (Phi) is 7.39. The van der Waals surface area contributed by atoms with Gasteiger partial charge in [0.2, 0.25) is 24.2 Å². The lowest BCUT2D eigenvalue weighted by Gasteiger charge is -2.19. The minimum Gasteiger partial charge on any atom is -0.492 e. The SMILES string of the molecule is COc1c(C=NNC(=O)Cc2ccccc2)c(CC2CC(c3ccc(F)cc3)=NO2)c(OC)c2c1OCO2. The van der Waals surface area contributed by atoms with Gasteiger partial charge in [-0.2, -0.15) is 5.10 Å². The van der Waals surface area contributed by atoms with Gasteiger partial charge in [0.05, 0.1) is 32.6 Å². The summed E-state index contributed by atoms with van der Waals surface area (Å²) in [5.74, 6) is 1.07. The fourth-order valence-electron chi connectivity index (χ4n) is 4.46. The van der Waals surface area contributed by atoms with Crippen LogP contribution in [-0.2, 0) is 22.5 Å². The zero-order valence-corrected chi connectivity index (χ0v) is 20.9. The minimum atomic E-state index is -0.339. The summed E-state index contributed by atoms with van der Waals surface area (Å²) < 4.78 is 36.1. The molecule has 10 heteroatoms. The van der Waals surface area contributed by atoms with Crippen molar-refractivity contribution < 1.29 is 33.0 Å². The van der Waals surface area contributed by atoms with Crippen molar-refractivity contribution in [1.29, 1.82) is 0 Å². The van der Waals surface area contributed by atoms with E-state index in [1.54, 1.807) is 12.1 Å². The summed E-state index contributed by atoms with van der Waals surface area (Å²) in [6.45, 7) is 0.00759. The summed E-state index contributed by atoms with van der Waals surface area (Å²) in [7, 11) is 3.05. The van der Waals surface area contributed by atoms with Gasteiger partial charge in [-0.15, -0.1) is 0 Å². The molecular weight excluding hydrogens is 493 g/mol. The maximum Gasteiger partial charge on any atom is 0.244 e. The first-order valence-electron chi connectivity index (χ1n) is 12.0. The molecule has 0 saturated carbocycles. The molecule has 1 unspecified atom stereocenters. The molecule has 196 valence electrons. The average molecular weight is 520 g/mol. The number of hydrogen-bond donors (Lipinski definition) is 1. The number of nitrogens with one attached hydrogen (secondary N) is 1. The Morgan fingerprint density at radius 1 is 1.08 bits per heavy atom. The van der Waals surface area contributed by atoms with Gasteiger partial charge in [-0.25, -0.2) is 9.82 Å². The molecule has 3 aromatic rings. The lowest BCUT2D eigenvalue weighted by Crippen LogP contribution is -2.20. The zero-order valence-electron chi connectivity index (χ0n) is 20.9. The van der Waals surface area contributed by atoms with Crippen molar-refractivity contribution in [3.63, 3.8) is 0 Å². The van der Waals surface area contributed by atoms with Crippen molar-refractivity contribution in [3.05, 3.63) is 82.7 Å². The molecule has 0 bridgehead atoms. The molecule has 0 aliphatic carbocycles. The molecule has 0 spiro atoms. The molecule has 0 radical (unpaired) electrons. The van der Waals surface area contributed by atoms with E-state index in [9.17, 15) is 9.18 Å². The highest BCUT2D eigenvalue weighted by molar-refractivity contribution is 6.01. The molecule has 1 amide bonds. The fourth-order valence-corrected chi connectivity index (χ4v) is 4.46. The van der Waals surface area contributed by atoms with Crippen LogP contribution in [0.5, 0.6) is 23.0 Å². The van der Waals surface area contributed by atoms with E-state index in [2.05, 4.69) is 15.7 Å². The number of amides is 1. The van der Waals surface area contributed by atoms with Crippen molar-refractivity contribution in [2.24, 2.45) is 10.3 Å². The smallest absolute Gasteiger partial charge is 0.244 e. The van der Waals surface area contributed by atoms with Gasteiger partial charge in [0.1, 0.15) is 11.9 Å². The summed E-state index contributed by atoms with van der Waals surface area (Å²) in [5, 5.41) is 8.41. The van der Waals surface area contributed by atoms with Crippen LogP contribution in [-0.4, -0.2) is 44.9 Å². The molecule has 0 fully saturated rings. The van der Waals surface area contributed by atoms with E-state index in [0.29, 0.717) is 52.7 Å². The van der Waals surface area contributed by atoms with Crippen molar-refractivity contribution in [2.75, 3.05) is 21.0 Å². The van der Waals surface area contributed by atoms with Crippen LogP contribution in [0.1, 0.15) is 28.7 Å². The number of hydrogen-bond acceptors (Lipinski definition) is 8. The predicted octanol–water partition coefficient (Wildman–Crippen LogP) is 4.00. The Hall–Kier alpha value is -4.60. The van der Waals surface area contributed by atoms with Gasteiger partial charge < -0.3 is 23.8 Å². The molecule has 38 heavy (non-hydrogen) atoms. The Morgan fingerprint density at radius 2 is 1.79 bits per heavy atom.